The van der Waals surface area contributed by atoms with Crippen LogP contribution in [0.25, 0.3) is 0 Å². The highest BCUT2D eigenvalue weighted by Gasteiger charge is 2.38. The van der Waals surface area contributed by atoms with Crippen LogP contribution < -0.4 is 5.32 Å². The van der Waals surface area contributed by atoms with E-state index in [1.807, 2.05) is 0 Å². The molecule has 0 radical (unpaired) electrons. The summed E-state index contributed by atoms with van der Waals surface area (Å²) in [5.41, 5.74) is 0.178. The number of rotatable bonds is 1. The van der Waals surface area contributed by atoms with Crippen molar-refractivity contribution < 1.29 is 18.0 Å². The van der Waals surface area contributed by atoms with Crippen LogP contribution in [0.2, 0.25) is 0 Å². The van der Waals surface area contributed by atoms with Crippen LogP contribution in [0, 0.1) is 12.3 Å². The fraction of sp³-hybridized carbons (Fsp3) is 0.100. The van der Waals surface area contributed by atoms with Crippen LogP contribution in [0.4, 0.5) is 18.9 Å². The highest BCUT2D eigenvalue weighted by molar-refractivity contribution is 5.96. The molecule has 0 atom stereocenters. The first-order valence-corrected chi connectivity index (χ1v) is 3.89. The van der Waals surface area contributed by atoms with Gasteiger partial charge in [-0.2, -0.15) is 13.2 Å². The van der Waals surface area contributed by atoms with Gasteiger partial charge in [0.05, 0.1) is 5.69 Å². The normalized spacial score (nSPS) is 10.5. The summed E-state index contributed by atoms with van der Waals surface area (Å²) in [6.07, 6.45) is 0.138. The monoisotopic (exact) mass is 213 g/mol. The summed E-state index contributed by atoms with van der Waals surface area (Å²) in [5.74, 6) is 0.133. The Balaban J connectivity index is 2.92. The van der Waals surface area contributed by atoms with Crippen molar-refractivity contribution in [2.45, 2.75) is 6.18 Å². The zero-order valence-corrected chi connectivity index (χ0v) is 7.43. The SMILES string of the molecule is C#Cc1ccccc1NC(=O)C(F)(F)F. The summed E-state index contributed by atoms with van der Waals surface area (Å²) in [6, 6.07) is 5.79. The van der Waals surface area contributed by atoms with Gasteiger partial charge < -0.3 is 5.32 Å². The Hall–Kier alpha value is -1.96. The predicted molar refractivity (Wildman–Crippen MR) is 49.1 cm³/mol. The molecule has 0 aliphatic heterocycles. The van der Waals surface area contributed by atoms with E-state index in [0.29, 0.717) is 0 Å². The van der Waals surface area contributed by atoms with Crippen molar-refractivity contribution in [2.24, 2.45) is 0 Å². The average molecular weight is 213 g/mol. The van der Waals surface area contributed by atoms with Gasteiger partial charge in [0.15, 0.2) is 0 Å². The molecule has 0 saturated heterocycles. The molecule has 0 bridgehead atoms. The molecule has 1 N–H and O–H groups in total. The van der Waals surface area contributed by atoms with Crippen molar-refractivity contribution in [2.75, 3.05) is 5.32 Å². The molecule has 0 aliphatic rings. The minimum absolute atomic E-state index is 0.0256. The maximum absolute atomic E-state index is 11.9. The molecule has 0 fully saturated rings. The Labute approximate surface area is 84.1 Å². The highest BCUT2D eigenvalue weighted by Crippen LogP contribution is 2.20. The number of nitrogens with one attached hydrogen (secondary N) is 1. The summed E-state index contributed by atoms with van der Waals surface area (Å²) in [5, 5.41) is 1.69. The van der Waals surface area contributed by atoms with Crippen LogP contribution in [-0.4, -0.2) is 12.1 Å². The number of para-hydroxylation sites is 1. The lowest BCUT2D eigenvalue weighted by Gasteiger charge is -2.09. The number of terminal acetylenes is 1. The fourth-order valence-corrected chi connectivity index (χ4v) is 0.911. The largest absolute Gasteiger partial charge is 0.471 e. The van der Waals surface area contributed by atoms with E-state index in [1.165, 1.54) is 18.2 Å². The third-order valence-electron chi connectivity index (χ3n) is 1.59. The zero-order chi connectivity index (χ0) is 11.5. The molecule has 78 valence electrons. The molecule has 1 aromatic rings. The number of carbonyl (C=O) groups excluding carboxylic acids is 1. The van der Waals surface area contributed by atoms with Crippen molar-refractivity contribution in [3.05, 3.63) is 29.8 Å². The average Bonchev–Trinajstić information content (AvgIpc) is 2.17. The second-order valence-corrected chi connectivity index (χ2v) is 2.64. The lowest BCUT2D eigenvalue weighted by Crippen LogP contribution is -2.30. The van der Waals surface area contributed by atoms with Crippen molar-refractivity contribution in [3.8, 4) is 12.3 Å². The Morgan fingerprint density at radius 2 is 1.93 bits per heavy atom. The summed E-state index contributed by atoms with van der Waals surface area (Å²) >= 11 is 0. The number of benzene rings is 1. The van der Waals surface area contributed by atoms with E-state index in [-0.39, 0.29) is 11.3 Å². The Morgan fingerprint density at radius 3 is 2.47 bits per heavy atom. The van der Waals surface area contributed by atoms with Gasteiger partial charge in [-0.3, -0.25) is 4.79 Å². The molecule has 0 unspecified atom stereocenters. The number of amides is 1. The number of anilines is 1. The van der Waals surface area contributed by atoms with Crippen LogP contribution in [0.15, 0.2) is 24.3 Å². The van der Waals surface area contributed by atoms with E-state index in [9.17, 15) is 18.0 Å². The number of halogens is 3. The van der Waals surface area contributed by atoms with E-state index in [1.54, 1.807) is 11.4 Å². The zero-order valence-electron chi connectivity index (χ0n) is 7.43. The molecule has 2 nitrogen and oxygen atoms in total. The van der Waals surface area contributed by atoms with Crippen LogP contribution >= 0.6 is 0 Å². The van der Waals surface area contributed by atoms with Gasteiger partial charge in [-0.1, -0.05) is 18.1 Å². The molecule has 0 heterocycles. The van der Waals surface area contributed by atoms with Crippen LogP contribution in [0.1, 0.15) is 5.56 Å². The summed E-state index contributed by atoms with van der Waals surface area (Å²) in [7, 11) is 0. The second kappa shape index (κ2) is 4.05. The molecule has 1 rings (SSSR count). The number of alkyl halides is 3. The van der Waals surface area contributed by atoms with E-state index < -0.39 is 12.1 Å². The van der Waals surface area contributed by atoms with Gasteiger partial charge in [0.2, 0.25) is 0 Å². The van der Waals surface area contributed by atoms with Gasteiger partial charge in [0.25, 0.3) is 0 Å². The third-order valence-corrected chi connectivity index (χ3v) is 1.59. The molecule has 1 amide bonds. The lowest BCUT2D eigenvalue weighted by molar-refractivity contribution is -0.167. The molecular formula is C10H6F3NO. The molecule has 0 saturated carbocycles. The molecule has 0 aliphatic carbocycles. The quantitative estimate of drug-likeness (QED) is 0.711. The van der Waals surface area contributed by atoms with Crippen LogP contribution in [0.3, 0.4) is 0 Å². The van der Waals surface area contributed by atoms with E-state index in [0.717, 1.165) is 0 Å². The van der Waals surface area contributed by atoms with E-state index >= 15 is 0 Å². The number of hydrogen-bond donors (Lipinski definition) is 1. The molecule has 15 heavy (non-hydrogen) atoms. The summed E-state index contributed by atoms with van der Waals surface area (Å²) < 4.78 is 35.7. The van der Waals surface area contributed by atoms with Crippen molar-refractivity contribution in [1.82, 2.24) is 0 Å². The Kier molecular flexibility index (Phi) is 3.00. The van der Waals surface area contributed by atoms with Gasteiger partial charge in [-0.05, 0) is 12.1 Å². The van der Waals surface area contributed by atoms with Crippen molar-refractivity contribution in [3.63, 3.8) is 0 Å². The molecule has 0 spiro atoms. The summed E-state index contributed by atoms with van der Waals surface area (Å²) in [6.45, 7) is 0. The molecule has 0 aromatic heterocycles. The van der Waals surface area contributed by atoms with Gasteiger partial charge in [0, 0.05) is 5.56 Å². The third kappa shape index (κ3) is 2.74. The molecule has 1 aromatic carbocycles. The predicted octanol–water partition coefficient (Wildman–Crippen LogP) is 2.17. The second-order valence-electron chi connectivity index (χ2n) is 2.64. The van der Waals surface area contributed by atoms with Gasteiger partial charge in [-0.25, -0.2) is 0 Å². The standard InChI is InChI=1S/C10H6F3NO/c1-2-7-5-3-4-6-8(7)14-9(15)10(11,12)13/h1,3-6H,(H,14,15). The van der Waals surface area contributed by atoms with Crippen molar-refractivity contribution >= 4 is 11.6 Å². The lowest BCUT2D eigenvalue weighted by atomic mass is 10.2. The van der Waals surface area contributed by atoms with E-state index in [2.05, 4.69) is 5.92 Å². The first-order chi connectivity index (χ1) is 6.95. The summed E-state index contributed by atoms with van der Waals surface area (Å²) in [4.78, 5) is 10.6. The number of hydrogen-bond acceptors (Lipinski definition) is 1. The topological polar surface area (TPSA) is 29.1 Å². The van der Waals surface area contributed by atoms with E-state index in [4.69, 9.17) is 6.42 Å². The Bertz CT molecular complexity index is 417. The van der Waals surface area contributed by atoms with Crippen LogP contribution in [-0.2, 0) is 4.79 Å². The minimum Gasteiger partial charge on any atom is -0.317 e. The Morgan fingerprint density at radius 1 is 1.33 bits per heavy atom. The van der Waals surface area contributed by atoms with Gasteiger partial charge in [0.1, 0.15) is 0 Å². The maximum Gasteiger partial charge on any atom is 0.471 e. The smallest absolute Gasteiger partial charge is 0.317 e. The van der Waals surface area contributed by atoms with Gasteiger partial charge in [-0.15, -0.1) is 6.42 Å². The van der Waals surface area contributed by atoms with Gasteiger partial charge >= 0.3 is 12.1 Å². The van der Waals surface area contributed by atoms with Crippen molar-refractivity contribution in [1.29, 1.82) is 0 Å². The molecule has 5 heteroatoms. The highest BCUT2D eigenvalue weighted by atomic mass is 19.4. The fourth-order valence-electron chi connectivity index (χ4n) is 0.911. The van der Waals surface area contributed by atoms with Crippen LogP contribution in [0.5, 0.6) is 0 Å². The first-order valence-electron chi connectivity index (χ1n) is 3.89. The number of carbonyl (C=O) groups is 1. The molecular weight excluding hydrogens is 207 g/mol. The minimum atomic E-state index is -4.91. The maximum atomic E-state index is 11.9. The first kappa shape index (κ1) is 11.1.